The summed E-state index contributed by atoms with van der Waals surface area (Å²) in [5, 5.41) is 0.248. The van der Waals surface area contributed by atoms with Gasteiger partial charge in [-0.1, -0.05) is 37.6 Å². The Morgan fingerprint density at radius 3 is 2.31 bits per heavy atom. The molecule has 1 amide bonds. The number of rotatable bonds is 8. The highest BCUT2D eigenvalue weighted by Crippen LogP contribution is 2.30. The number of hydrogen-bond acceptors (Lipinski definition) is 5. The first-order valence-corrected chi connectivity index (χ1v) is 12.7. The zero-order chi connectivity index (χ0) is 23.3. The molecule has 1 aliphatic rings. The van der Waals surface area contributed by atoms with Gasteiger partial charge in [0.25, 0.3) is 5.91 Å². The Kier molecular flexibility index (Phi) is 8.03. The van der Waals surface area contributed by atoms with Crippen molar-refractivity contribution in [3.8, 4) is 5.75 Å². The van der Waals surface area contributed by atoms with Gasteiger partial charge in [0.05, 0.1) is 27.8 Å². The Morgan fingerprint density at radius 1 is 1.03 bits per heavy atom. The van der Waals surface area contributed by atoms with Crippen LogP contribution in [0.25, 0.3) is 0 Å². The molecule has 1 aliphatic heterocycles. The van der Waals surface area contributed by atoms with E-state index in [0.717, 1.165) is 11.4 Å². The normalized spacial score (nSPS) is 14.7. The van der Waals surface area contributed by atoms with Gasteiger partial charge in [0.2, 0.25) is 10.0 Å². The SMILES string of the molecule is CCOc1ccccc1N1CCN(C(=O)c2cc(S(=O)(=O)N(CC)CC)ccc2Cl)CC1. The molecule has 2 aromatic rings. The van der Waals surface area contributed by atoms with Crippen molar-refractivity contribution in [2.24, 2.45) is 0 Å². The average molecular weight is 480 g/mol. The maximum atomic E-state index is 13.2. The third kappa shape index (κ3) is 5.03. The topological polar surface area (TPSA) is 70.2 Å². The fourth-order valence-electron chi connectivity index (χ4n) is 3.86. The second-order valence-corrected chi connectivity index (χ2v) is 9.76. The second kappa shape index (κ2) is 10.6. The zero-order valence-corrected chi connectivity index (χ0v) is 20.3. The van der Waals surface area contributed by atoms with E-state index < -0.39 is 10.0 Å². The molecule has 1 heterocycles. The highest BCUT2D eigenvalue weighted by Gasteiger charge is 2.28. The summed E-state index contributed by atoms with van der Waals surface area (Å²) in [4.78, 5) is 17.2. The van der Waals surface area contributed by atoms with Crippen molar-refractivity contribution < 1.29 is 17.9 Å². The summed E-state index contributed by atoms with van der Waals surface area (Å²) in [5.41, 5.74) is 1.22. The van der Waals surface area contributed by atoms with Crippen LogP contribution < -0.4 is 9.64 Å². The van der Waals surface area contributed by atoms with E-state index in [0.29, 0.717) is 45.9 Å². The van der Waals surface area contributed by atoms with E-state index in [1.807, 2.05) is 31.2 Å². The summed E-state index contributed by atoms with van der Waals surface area (Å²) in [6.07, 6.45) is 0. The number of halogens is 1. The minimum absolute atomic E-state index is 0.0817. The van der Waals surface area contributed by atoms with Crippen LogP contribution in [0, 0.1) is 0 Å². The van der Waals surface area contributed by atoms with Gasteiger partial charge in [-0.2, -0.15) is 4.31 Å². The minimum Gasteiger partial charge on any atom is -0.492 e. The number of hydrogen-bond donors (Lipinski definition) is 0. The van der Waals surface area contributed by atoms with Gasteiger partial charge in [0, 0.05) is 39.3 Å². The number of carbonyl (C=O) groups excluding carboxylic acids is 1. The smallest absolute Gasteiger partial charge is 0.255 e. The predicted molar refractivity (Wildman–Crippen MR) is 127 cm³/mol. The zero-order valence-electron chi connectivity index (χ0n) is 18.8. The first kappa shape index (κ1) is 24.4. The fourth-order valence-corrected chi connectivity index (χ4v) is 5.54. The first-order valence-electron chi connectivity index (χ1n) is 10.9. The highest BCUT2D eigenvalue weighted by atomic mass is 35.5. The van der Waals surface area contributed by atoms with E-state index in [-0.39, 0.29) is 21.4 Å². The average Bonchev–Trinajstić information content (AvgIpc) is 2.80. The van der Waals surface area contributed by atoms with Crippen LogP contribution in [0.15, 0.2) is 47.4 Å². The molecule has 0 spiro atoms. The van der Waals surface area contributed by atoms with Crippen molar-refractivity contribution in [1.29, 1.82) is 0 Å². The number of amides is 1. The number of nitrogens with zero attached hydrogens (tertiary/aromatic N) is 3. The summed E-state index contributed by atoms with van der Waals surface area (Å²) in [7, 11) is -3.68. The lowest BCUT2D eigenvalue weighted by molar-refractivity contribution is 0.0746. The van der Waals surface area contributed by atoms with Crippen LogP contribution in [0.3, 0.4) is 0 Å². The van der Waals surface area contributed by atoms with E-state index in [4.69, 9.17) is 16.3 Å². The Labute approximate surface area is 195 Å². The minimum atomic E-state index is -3.68. The van der Waals surface area contributed by atoms with Gasteiger partial charge >= 0.3 is 0 Å². The Morgan fingerprint density at radius 2 is 1.69 bits per heavy atom. The van der Waals surface area contributed by atoms with Gasteiger partial charge in [0.15, 0.2) is 0 Å². The largest absolute Gasteiger partial charge is 0.492 e. The first-order chi connectivity index (χ1) is 15.3. The molecule has 0 aromatic heterocycles. The monoisotopic (exact) mass is 479 g/mol. The van der Waals surface area contributed by atoms with Crippen molar-refractivity contribution in [3.05, 3.63) is 53.1 Å². The molecule has 0 aliphatic carbocycles. The summed E-state index contributed by atoms with van der Waals surface area (Å²) < 4.78 is 32.9. The molecule has 0 unspecified atom stereocenters. The van der Waals surface area contributed by atoms with Gasteiger partial charge in [-0.3, -0.25) is 4.79 Å². The summed E-state index contributed by atoms with van der Waals surface area (Å²) in [6.45, 7) is 9.11. The molecule has 0 radical (unpaired) electrons. The molecular formula is C23H30ClN3O4S. The van der Waals surface area contributed by atoms with Crippen molar-refractivity contribution >= 4 is 33.2 Å². The number of carbonyl (C=O) groups is 1. The highest BCUT2D eigenvalue weighted by molar-refractivity contribution is 7.89. The molecule has 0 N–H and O–H groups in total. The number of sulfonamides is 1. The Balaban J connectivity index is 1.77. The van der Waals surface area contributed by atoms with E-state index in [1.165, 1.54) is 22.5 Å². The molecule has 32 heavy (non-hydrogen) atoms. The standard InChI is InChI=1S/C23H30ClN3O4S/c1-4-27(5-2)32(29,30)18-11-12-20(24)19(17-18)23(28)26-15-13-25(14-16-26)21-9-7-8-10-22(21)31-6-3/h7-12,17H,4-6,13-16H2,1-3H3. The molecule has 0 atom stereocenters. The maximum Gasteiger partial charge on any atom is 0.255 e. The van der Waals surface area contributed by atoms with E-state index >= 15 is 0 Å². The summed E-state index contributed by atoms with van der Waals surface area (Å²) in [6, 6.07) is 12.2. The number of piperazine rings is 1. The fraction of sp³-hybridized carbons (Fsp3) is 0.435. The van der Waals surface area contributed by atoms with Crippen molar-refractivity contribution in [3.63, 3.8) is 0 Å². The summed E-state index contributed by atoms with van der Waals surface area (Å²) >= 11 is 6.30. The third-order valence-corrected chi connectivity index (χ3v) is 7.96. The predicted octanol–water partition coefficient (Wildman–Crippen LogP) is 3.73. The molecule has 9 heteroatoms. The number of ether oxygens (including phenoxy) is 1. The quantitative estimate of drug-likeness (QED) is 0.577. The molecule has 1 saturated heterocycles. The van der Waals surface area contributed by atoms with E-state index in [9.17, 15) is 13.2 Å². The van der Waals surface area contributed by atoms with Crippen molar-refractivity contribution in [1.82, 2.24) is 9.21 Å². The van der Waals surface area contributed by atoms with Crippen LogP contribution in [0.5, 0.6) is 5.75 Å². The number of para-hydroxylation sites is 2. The van der Waals surface area contributed by atoms with Crippen molar-refractivity contribution in [2.75, 3.05) is 50.8 Å². The van der Waals surface area contributed by atoms with Gasteiger partial charge in [-0.05, 0) is 37.3 Å². The Bertz CT molecular complexity index is 1050. The molecule has 7 nitrogen and oxygen atoms in total. The summed E-state index contributed by atoms with van der Waals surface area (Å²) in [5.74, 6) is 0.566. The van der Waals surface area contributed by atoms with Crippen LogP contribution in [0.4, 0.5) is 5.69 Å². The lowest BCUT2D eigenvalue weighted by Gasteiger charge is -2.37. The number of benzene rings is 2. The van der Waals surface area contributed by atoms with Gasteiger partial charge < -0.3 is 14.5 Å². The van der Waals surface area contributed by atoms with Crippen LogP contribution >= 0.6 is 11.6 Å². The number of anilines is 1. The molecule has 0 saturated carbocycles. The van der Waals surface area contributed by atoms with E-state index in [2.05, 4.69) is 4.90 Å². The van der Waals surface area contributed by atoms with Crippen molar-refractivity contribution in [2.45, 2.75) is 25.7 Å². The van der Waals surface area contributed by atoms with Crippen LogP contribution in [0.1, 0.15) is 31.1 Å². The molecule has 174 valence electrons. The lowest BCUT2D eigenvalue weighted by Crippen LogP contribution is -2.49. The maximum absolute atomic E-state index is 13.2. The lowest BCUT2D eigenvalue weighted by atomic mass is 10.1. The molecular weight excluding hydrogens is 450 g/mol. The van der Waals surface area contributed by atoms with Crippen LogP contribution in [-0.4, -0.2) is 69.4 Å². The Hall–Kier alpha value is -2.29. The van der Waals surface area contributed by atoms with Crippen LogP contribution in [-0.2, 0) is 10.0 Å². The second-order valence-electron chi connectivity index (χ2n) is 7.41. The van der Waals surface area contributed by atoms with E-state index in [1.54, 1.807) is 18.7 Å². The molecule has 3 rings (SSSR count). The molecule has 0 bridgehead atoms. The van der Waals surface area contributed by atoms with Gasteiger partial charge in [-0.25, -0.2) is 8.42 Å². The third-order valence-electron chi connectivity index (χ3n) is 5.58. The molecule has 2 aromatic carbocycles. The van der Waals surface area contributed by atoms with Gasteiger partial charge in [-0.15, -0.1) is 0 Å². The molecule has 1 fully saturated rings. The van der Waals surface area contributed by atoms with Crippen LogP contribution in [0.2, 0.25) is 5.02 Å². The van der Waals surface area contributed by atoms with Gasteiger partial charge in [0.1, 0.15) is 5.75 Å².